The van der Waals surface area contributed by atoms with Crippen molar-refractivity contribution >= 4 is 6.03 Å². The standard InChI is InChI=1S/C15H20N6O/c1-11(12-6-4-3-5-7-12)20(2)15(22)16-10-14-17-18-19-21(14)13-8-9-13/h3-7,11,13H,8-10H2,1-2H3,(H,16,22)/t11-/m1/s1. The number of urea groups is 1. The van der Waals surface area contributed by atoms with Crippen LogP contribution in [0.2, 0.25) is 0 Å². The van der Waals surface area contributed by atoms with Crippen molar-refractivity contribution in [2.45, 2.75) is 38.4 Å². The van der Waals surface area contributed by atoms with Crippen molar-refractivity contribution in [1.29, 1.82) is 0 Å². The third-order valence-electron chi connectivity index (χ3n) is 4.03. The van der Waals surface area contributed by atoms with E-state index in [1.807, 2.05) is 37.3 Å². The van der Waals surface area contributed by atoms with Gasteiger partial charge in [-0.2, -0.15) is 0 Å². The van der Waals surface area contributed by atoms with Crippen molar-refractivity contribution in [3.63, 3.8) is 0 Å². The summed E-state index contributed by atoms with van der Waals surface area (Å²) in [6, 6.07) is 10.2. The fraction of sp³-hybridized carbons (Fsp3) is 0.467. The highest BCUT2D eigenvalue weighted by Gasteiger charge is 2.28. The molecule has 3 rings (SSSR count). The van der Waals surface area contributed by atoms with Crippen LogP contribution in [0.4, 0.5) is 4.79 Å². The first-order valence-electron chi connectivity index (χ1n) is 7.49. The Bertz CT molecular complexity index is 636. The zero-order valence-electron chi connectivity index (χ0n) is 12.8. The van der Waals surface area contributed by atoms with Crippen molar-refractivity contribution in [3.05, 3.63) is 41.7 Å². The molecule has 1 aliphatic rings. The predicted molar refractivity (Wildman–Crippen MR) is 80.9 cm³/mol. The van der Waals surface area contributed by atoms with E-state index >= 15 is 0 Å². The maximum absolute atomic E-state index is 12.3. The number of rotatable bonds is 5. The van der Waals surface area contributed by atoms with Gasteiger partial charge in [-0.1, -0.05) is 30.3 Å². The maximum Gasteiger partial charge on any atom is 0.318 e. The van der Waals surface area contributed by atoms with Gasteiger partial charge in [0.15, 0.2) is 5.82 Å². The van der Waals surface area contributed by atoms with Gasteiger partial charge in [-0.15, -0.1) is 5.10 Å². The maximum atomic E-state index is 12.3. The van der Waals surface area contributed by atoms with Crippen LogP contribution < -0.4 is 5.32 Å². The van der Waals surface area contributed by atoms with Gasteiger partial charge in [0.05, 0.1) is 18.6 Å². The molecule has 1 saturated carbocycles. The van der Waals surface area contributed by atoms with E-state index in [2.05, 4.69) is 20.8 Å². The molecular formula is C15H20N6O. The average Bonchev–Trinajstić information content (AvgIpc) is 3.30. The third kappa shape index (κ3) is 3.08. The Morgan fingerprint density at radius 3 is 2.82 bits per heavy atom. The second kappa shape index (κ2) is 6.13. The Kier molecular flexibility index (Phi) is 4.04. The minimum Gasteiger partial charge on any atom is -0.331 e. The second-order valence-corrected chi connectivity index (χ2v) is 5.63. The van der Waals surface area contributed by atoms with E-state index in [-0.39, 0.29) is 12.1 Å². The molecule has 116 valence electrons. The first-order valence-corrected chi connectivity index (χ1v) is 7.49. The number of benzene rings is 1. The van der Waals surface area contributed by atoms with E-state index in [1.54, 1.807) is 16.6 Å². The SMILES string of the molecule is C[C@H](c1ccccc1)N(C)C(=O)NCc1nnnn1C1CC1. The zero-order valence-corrected chi connectivity index (χ0v) is 12.8. The van der Waals surface area contributed by atoms with Crippen molar-refractivity contribution < 1.29 is 4.79 Å². The molecule has 1 heterocycles. The smallest absolute Gasteiger partial charge is 0.318 e. The molecule has 1 aliphatic carbocycles. The molecule has 7 nitrogen and oxygen atoms in total. The number of nitrogens with zero attached hydrogens (tertiary/aromatic N) is 5. The van der Waals surface area contributed by atoms with E-state index in [4.69, 9.17) is 0 Å². The number of aromatic nitrogens is 4. The normalized spacial score (nSPS) is 15.4. The molecule has 0 bridgehead atoms. The van der Waals surface area contributed by atoms with Crippen LogP contribution in [0.5, 0.6) is 0 Å². The Balaban J connectivity index is 1.58. The van der Waals surface area contributed by atoms with Crippen LogP contribution in [0.1, 0.15) is 43.2 Å². The second-order valence-electron chi connectivity index (χ2n) is 5.63. The van der Waals surface area contributed by atoms with Crippen LogP contribution in [-0.4, -0.2) is 38.2 Å². The van der Waals surface area contributed by atoms with Gasteiger partial charge in [0, 0.05) is 7.05 Å². The van der Waals surface area contributed by atoms with E-state index in [9.17, 15) is 4.79 Å². The minimum absolute atomic E-state index is 0.000581. The third-order valence-corrected chi connectivity index (χ3v) is 4.03. The molecule has 0 saturated heterocycles. The number of carbonyl (C=O) groups excluding carboxylic acids is 1. The average molecular weight is 300 g/mol. The summed E-state index contributed by atoms with van der Waals surface area (Å²) in [6.07, 6.45) is 2.22. The lowest BCUT2D eigenvalue weighted by atomic mass is 10.1. The fourth-order valence-electron chi connectivity index (χ4n) is 2.34. The van der Waals surface area contributed by atoms with Crippen molar-refractivity contribution in [3.8, 4) is 0 Å². The summed E-state index contributed by atoms with van der Waals surface area (Å²) in [7, 11) is 1.79. The Morgan fingerprint density at radius 1 is 1.41 bits per heavy atom. The molecule has 0 aliphatic heterocycles. The van der Waals surface area contributed by atoms with Gasteiger partial charge < -0.3 is 10.2 Å². The molecule has 22 heavy (non-hydrogen) atoms. The van der Waals surface area contributed by atoms with Crippen molar-refractivity contribution in [2.24, 2.45) is 0 Å². The molecule has 1 aromatic heterocycles. The summed E-state index contributed by atoms with van der Waals surface area (Å²) in [4.78, 5) is 14.0. The Labute approximate surface area is 129 Å². The van der Waals surface area contributed by atoms with Gasteiger partial charge in [0.1, 0.15) is 0 Å². The first kappa shape index (κ1) is 14.5. The van der Waals surface area contributed by atoms with Gasteiger partial charge in [-0.05, 0) is 35.8 Å². The number of hydrogen-bond acceptors (Lipinski definition) is 4. The van der Waals surface area contributed by atoms with Crippen LogP contribution >= 0.6 is 0 Å². The topological polar surface area (TPSA) is 75.9 Å². The Morgan fingerprint density at radius 2 is 2.14 bits per heavy atom. The number of carbonyl (C=O) groups is 1. The fourth-order valence-corrected chi connectivity index (χ4v) is 2.34. The van der Waals surface area contributed by atoms with E-state index in [0.29, 0.717) is 18.4 Å². The molecule has 1 fully saturated rings. The van der Waals surface area contributed by atoms with Crippen molar-refractivity contribution in [2.75, 3.05) is 7.05 Å². The van der Waals surface area contributed by atoms with E-state index in [0.717, 1.165) is 18.4 Å². The van der Waals surface area contributed by atoms with Crippen LogP contribution in [-0.2, 0) is 6.54 Å². The highest BCUT2D eigenvalue weighted by atomic mass is 16.2. The lowest BCUT2D eigenvalue weighted by Gasteiger charge is -2.25. The van der Waals surface area contributed by atoms with Gasteiger partial charge >= 0.3 is 6.03 Å². The summed E-state index contributed by atoms with van der Waals surface area (Å²) in [5.41, 5.74) is 1.10. The highest BCUT2D eigenvalue weighted by molar-refractivity contribution is 5.74. The quantitative estimate of drug-likeness (QED) is 0.915. The highest BCUT2D eigenvalue weighted by Crippen LogP contribution is 2.34. The number of tetrazole rings is 1. The molecule has 7 heteroatoms. The van der Waals surface area contributed by atoms with Crippen LogP contribution in [0.3, 0.4) is 0 Å². The van der Waals surface area contributed by atoms with Gasteiger partial charge in [0.2, 0.25) is 0 Å². The summed E-state index contributed by atoms with van der Waals surface area (Å²) < 4.78 is 1.81. The molecule has 0 spiro atoms. The summed E-state index contributed by atoms with van der Waals surface area (Å²) in [5.74, 6) is 0.705. The zero-order chi connectivity index (χ0) is 15.5. The van der Waals surface area contributed by atoms with Crippen molar-refractivity contribution in [1.82, 2.24) is 30.4 Å². The lowest BCUT2D eigenvalue weighted by Crippen LogP contribution is -2.38. The van der Waals surface area contributed by atoms with Crippen LogP contribution in [0, 0.1) is 0 Å². The summed E-state index contributed by atoms with van der Waals surface area (Å²) in [5, 5.41) is 14.5. The molecule has 1 atom stereocenters. The van der Waals surface area contributed by atoms with E-state index < -0.39 is 0 Å². The van der Waals surface area contributed by atoms with Gasteiger partial charge in [-0.25, -0.2) is 9.48 Å². The van der Waals surface area contributed by atoms with Gasteiger partial charge in [-0.3, -0.25) is 0 Å². The molecule has 2 aromatic rings. The molecular weight excluding hydrogens is 280 g/mol. The lowest BCUT2D eigenvalue weighted by molar-refractivity contribution is 0.193. The van der Waals surface area contributed by atoms with Crippen LogP contribution in [0.15, 0.2) is 30.3 Å². The monoisotopic (exact) mass is 300 g/mol. The molecule has 0 radical (unpaired) electrons. The Hall–Kier alpha value is -2.44. The molecule has 1 N–H and O–H groups in total. The van der Waals surface area contributed by atoms with Crippen LogP contribution in [0.25, 0.3) is 0 Å². The molecule has 0 unspecified atom stereocenters. The van der Waals surface area contributed by atoms with Gasteiger partial charge in [0.25, 0.3) is 0 Å². The summed E-state index contributed by atoms with van der Waals surface area (Å²) >= 11 is 0. The summed E-state index contributed by atoms with van der Waals surface area (Å²) in [6.45, 7) is 2.34. The largest absolute Gasteiger partial charge is 0.331 e. The predicted octanol–water partition coefficient (Wildman–Crippen LogP) is 1.91. The van der Waals surface area contributed by atoms with E-state index in [1.165, 1.54) is 0 Å². The number of amides is 2. The molecule has 1 aromatic carbocycles. The minimum atomic E-state index is -0.137. The first-order chi connectivity index (χ1) is 10.7. The number of nitrogens with one attached hydrogen (secondary N) is 1. The molecule has 2 amide bonds. The number of hydrogen-bond donors (Lipinski definition) is 1.